The van der Waals surface area contributed by atoms with Gasteiger partial charge in [0.05, 0.1) is 6.33 Å². The Balaban J connectivity index is 1.71. The van der Waals surface area contributed by atoms with Crippen molar-refractivity contribution in [2.24, 2.45) is 0 Å². The molecule has 2 aromatic heterocycles. The quantitative estimate of drug-likeness (QED) is 0.502. The molecule has 0 radical (unpaired) electrons. The molecule has 0 spiro atoms. The summed E-state index contributed by atoms with van der Waals surface area (Å²) in [7, 11) is 0. The zero-order chi connectivity index (χ0) is 19.1. The summed E-state index contributed by atoms with van der Waals surface area (Å²) in [6.07, 6.45) is 1.62. The predicted octanol–water partition coefficient (Wildman–Crippen LogP) is 1.53. The number of hydrogen-bond donors (Lipinski definition) is 3. The Hall–Kier alpha value is -3.07. The number of imidazole rings is 1. The molecule has 0 aliphatic carbocycles. The Kier molecular flexibility index (Phi) is 6.26. The first kappa shape index (κ1) is 18.7. The SMILES string of the molecule is Nc1nc(OCc2ccccc2)c2c(ncn2CCNC(=O)NCCCl)n1. The second-order valence-corrected chi connectivity index (χ2v) is 6.02. The number of ether oxygens (including phenoxy) is 1. The largest absolute Gasteiger partial charge is 0.471 e. The molecule has 27 heavy (non-hydrogen) atoms. The van der Waals surface area contributed by atoms with Crippen molar-refractivity contribution in [2.75, 3.05) is 24.7 Å². The smallest absolute Gasteiger partial charge is 0.314 e. The van der Waals surface area contributed by atoms with Crippen molar-refractivity contribution in [2.45, 2.75) is 13.2 Å². The van der Waals surface area contributed by atoms with Crippen LogP contribution in [0, 0.1) is 0 Å². The molecular weight excluding hydrogens is 370 g/mol. The van der Waals surface area contributed by atoms with Crippen molar-refractivity contribution in [1.29, 1.82) is 0 Å². The second kappa shape index (κ2) is 9.04. The summed E-state index contributed by atoms with van der Waals surface area (Å²) in [5.41, 5.74) is 7.84. The van der Waals surface area contributed by atoms with Gasteiger partial charge in [-0.3, -0.25) is 0 Å². The lowest BCUT2D eigenvalue weighted by atomic mass is 10.2. The van der Waals surface area contributed by atoms with E-state index in [9.17, 15) is 4.79 Å². The average Bonchev–Trinajstić information content (AvgIpc) is 3.08. The van der Waals surface area contributed by atoms with Crippen molar-refractivity contribution >= 4 is 34.7 Å². The van der Waals surface area contributed by atoms with Gasteiger partial charge in [0.15, 0.2) is 11.2 Å². The van der Waals surface area contributed by atoms with Gasteiger partial charge in [-0.15, -0.1) is 11.6 Å². The van der Waals surface area contributed by atoms with Gasteiger partial charge in [0, 0.05) is 25.5 Å². The third-order valence-corrected chi connectivity index (χ3v) is 3.88. The maximum Gasteiger partial charge on any atom is 0.314 e. The van der Waals surface area contributed by atoms with Gasteiger partial charge in [0.1, 0.15) is 6.61 Å². The minimum absolute atomic E-state index is 0.0920. The summed E-state index contributed by atoms with van der Waals surface area (Å²) < 4.78 is 7.68. The van der Waals surface area contributed by atoms with E-state index >= 15 is 0 Å². The summed E-state index contributed by atoms with van der Waals surface area (Å²) in [6.45, 7) is 1.62. The van der Waals surface area contributed by atoms with E-state index in [1.165, 1.54) is 0 Å². The first-order valence-electron chi connectivity index (χ1n) is 8.40. The summed E-state index contributed by atoms with van der Waals surface area (Å²) in [6, 6.07) is 9.46. The van der Waals surface area contributed by atoms with E-state index in [2.05, 4.69) is 25.6 Å². The van der Waals surface area contributed by atoms with E-state index in [1.807, 2.05) is 34.9 Å². The van der Waals surface area contributed by atoms with Crippen LogP contribution in [-0.4, -0.2) is 44.5 Å². The van der Waals surface area contributed by atoms with Crippen LogP contribution in [0.2, 0.25) is 0 Å². The Morgan fingerprint density at radius 1 is 1.19 bits per heavy atom. The maximum absolute atomic E-state index is 11.6. The van der Waals surface area contributed by atoms with E-state index in [4.69, 9.17) is 22.1 Å². The van der Waals surface area contributed by atoms with Crippen LogP contribution in [0.1, 0.15) is 5.56 Å². The fourth-order valence-corrected chi connectivity index (χ4v) is 2.57. The van der Waals surface area contributed by atoms with Crippen LogP contribution >= 0.6 is 11.6 Å². The summed E-state index contributed by atoms with van der Waals surface area (Å²) in [5.74, 6) is 0.806. The number of benzene rings is 1. The van der Waals surface area contributed by atoms with Crippen LogP contribution in [0.4, 0.5) is 10.7 Å². The maximum atomic E-state index is 11.6. The molecule has 10 heteroatoms. The summed E-state index contributed by atoms with van der Waals surface area (Å²) in [4.78, 5) is 24.2. The number of urea groups is 1. The Bertz CT molecular complexity index is 901. The van der Waals surface area contributed by atoms with Crippen molar-refractivity contribution in [3.63, 3.8) is 0 Å². The predicted molar refractivity (Wildman–Crippen MR) is 103 cm³/mol. The first-order chi connectivity index (χ1) is 13.2. The van der Waals surface area contributed by atoms with Crippen LogP contribution in [-0.2, 0) is 13.2 Å². The molecule has 4 N–H and O–H groups in total. The molecule has 2 amide bonds. The van der Waals surface area contributed by atoms with Gasteiger partial charge in [-0.05, 0) is 5.56 Å². The molecular formula is C17H20ClN7O2. The molecule has 0 saturated carbocycles. The van der Waals surface area contributed by atoms with Gasteiger partial charge in [-0.1, -0.05) is 30.3 Å². The van der Waals surface area contributed by atoms with E-state index in [0.717, 1.165) is 5.56 Å². The number of carbonyl (C=O) groups is 1. The zero-order valence-corrected chi connectivity index (χ0v) is 15.3. The average molecular weight is 390 g/mol. The van der Waals surface area contributed by atoms with Crippen LogP contribution in [0.25, 0.3) is 11.2 Å². The minimum Gasteiger partial charge on any atom is -0.471 e. The standard InChI is InChI=1S/C17H20ClN7O2/c18-6-7-20-17(26)21-8-9-25-11-22-14-13(25)15(24-16(19)23-14)27-10-12-4-2-1-3-5-12/h1-5,11H,6-10H2,(H2,19,23,24)(H2,20,21,26). The molecule has 2 heterocycles. The molecule has 3 rings (SSSR count). The van der Waals surface area contributed by atoms with Crippen LogP contribution in [0.5, 0.6) is 5.88 Å². The number of nitrogens with two attached hydrogens (primary N) is 1. The monoisotopic (exact) mass is 389 g/mol. The van der Waals surface area contributed by atoms with Crippen molar-refractivity contribution in [3.05, 3.63) is 42.2 Å². The minimum atomic E-state index is -0.277. The highest BCUT2D eigenvalue weighted by molar-refractivity contribution is 6.18. The number of fused-ring (bicyclic) bond motifs is 1. The number of carbonyl (C=O) groups excluding carboxylic acids is 1. The summed E-state index contributed by atoms with van der Waals surface area (Å²) >= 11 is 5.54. The third-order valence-electron chi connectivity index (χ3n) is 3.69. The normalized spacial score (nSPS) is 10.7. The van der Waals surface area contributed by atoms with Gasteiger partial charge in [-0.25, -0.2) is 9.78 Å². The fourth-order valence-electron chi connectivity index (χ4n) is 2.47. The first-order valence-corrected chi connectivity index (χ1v) is 8.93. The van der Waals surface area contributed by atoms with Crippen LogP contribution in [0.15, 0.2) is 36.7 Å². The van der Waals surface area contributed by atoms with E-state index < -0.39 is 0 Å². The molecule has 0 aliphatic rings. The third kappa shape index (κ3) is 4.98. The van der Waals surface area contributed by atoms with Gasteiger partial charge in [0.2, 0.25) is 11.8 Å². The highest BCUT2D eigenvalue weighted by atomic mass is 35.5. The number of nitrogen functional groups attached to an aromatic ring is 1. The lowest BCUT2D eigenvalue weighted by molar-refractivity contribution is 0.241. The molecule has 0 fully saturated rings. The van der Waals surface area contributed by atoms with Gasteiger partial charge < -0.3 is 25.7 Å². The van der Waals surface area contributed by atoms with E-state index in [-0.39, 0.29) is 12.0 Å². The highest BCUT2D eigenvalue weighted by Crippen LogP contribution is 2.23. The number of amides is 2. The number of nitrogens with zero attached hydrogens (tertiary/aromatic N) is 4. The number of aromatic nitrogens is 4. The van der Waals surface area contributed by atoms with Crippen molar-refractivity contribution < 1.29 is 9.53 Å². The number of alkyl halides is 1. The second-order valence-electron chi connectivity index (χ2n) is 5.64. The Labute approximate surface area is 160 Å². The number of anilines is 1. The van der Waals surface area contributed by atoms with Crippen LogP contribution < -0.4 is 21.1 Å². The molecule has 0 saturated heterocycles. The number of halogens is 1. The molecule has 1 aromatic carbocycles. The molecule has 0 aliphatic heterocycles. The number of nitrogens with one attached hydrogen (secondary N) is 2. The van der Waals surface area contributed by atoms with Gasteiger partial charge in [-0.2, -0.15) is 9.97 Å². The number of hydrogen-bond acceptors (Lipinski definition) is 6. The molecule has 0 bridgehead atoms. The highest BCUT2D eigenvalue weighted by Gasteiger charge is 2.14. The zero-order valence-electron chi connectivity index (χ0n) is 14.6. The molecule has 0 atom stereocenters. The summed E-state index contributed by atoms with van der Waals surface area (Å²) in [5, 5.41) is 5.38. The molecule has 142 valence electrons. The Morgan fingerprint density at radius 2 is 1.96 bits per heavy atom. The topological polar surface area (TPSA) is 120 Å². The lowest BCUT2D eigenvalue weighted by Crippen LogP contribution is -2.38. The van der Waals surface area contributed by atoms with Crippen LogP contribution in [0.3, 0.4) is 0 Å². The van der Waals surface area contributed by atoms with E-state index in [1.54, 1.807) is 6.33 Å². The lowest BCUT2D eigenvalue weighted by Gasteiger charge is -2.11. The fraction of sp³-hybridized carbons (Fsp3) is 0.294. The number of rotatable bonds is 8. The van der Waals surface area contributed by atoms with E-state index in [0.29, 0.717) is 49.2 Å². The molecule has 0 unspecified atom stereocenters. The Morgan fingerprint density at radius 3 is 2.74 bits per heavy atom. The van der Waals surface area contributed by atoms with Gasteiger partial charge in [0.25, 0.3) is 0 Å². The van der Waals surface area contributed by atoms with Crippen molar-refractivity contribution in [1.82, 2.24) is 30.2 Å². The van der Waals surface area contributed by atoms with Gasteiger partial charge >= 0.3 is 6.03 Å². The molecule has 9 nitrogen and oxygen atoms in total. The molecule has 3 aromatic rings. The van der Waals surface area contributed by atoms with Crippen molar-refractivity contribution in [3.8, 4) is 5.88 Å².